The molecule has 0 spiro atoms. The highest BCUT2D eigenvalue weighted by atomic mass is 32.1. The van der Waals surface area contributed by atoms with Crippen LogP contribution in [0.4, 0.5) is 0 Å². The van der Waals surface area contributed by atoms with Crippen LogP contribution < -0.4 is 4.87 Å². The lowest BCUT2D eigenvalue weighted by molar-refractivity contribution is 0.409. The van der Waals surface area contributed by atoms with Gasteiger partial charge in [-0.15, -0.1) is 0 Å². The minimum absolute atomic E-state index is 0.0259. The van der Waals surface area contributed by atoms with E-state index >= 15 is 0 Å². The van der Waals surface area contributed by atoms with E-state index in [1.165, 1.54) is 17.6 Å². The van der Waals surface area contributed by atoms with E-state index in [-0.39, 0.29) is 4.87 Å². The van der Waals surface area contributed by atoms with E-state index in [1.807, 2.05) is 0 Å². The molecule has 12 heavy (non-hydrogen) atoms. The largest absolute Gasteiger partial charge is 0.364 e. The summed E-state index contributed by atoms with van der Waals surface area (Å²) < 4.78 is 6.23. The van der Waals surface area contributed by atoms with Gasteiger partial charge in [-0.1, -0.05) is 16.5 Å². The molecular weight excluding hydrogens is 176 g/mol. The van der Waals surface area contributed by atoms with Crippen molar-refractivity contribution in [2.75, 3.05) is 0 Å². The molecule has 5 heteroatoms. The maximum atomic E-state index is 11.1. The van der Waals surface area contributed by atoms with Crippen LogP contribution in [-0.4, -0.2) is 9.72 Å². The topological polar surface area (TPSA) is 48.0 Å². The molecule has 0 unspecified atom stereocenters. The first kappa shape index (κ1) is 7.30. The fourth-order valence-electron chi connectivity index (χ4n) is 0.902. The molecule has 0 aliphatic heterocycles. The Balaban J connectivity index is 2.25. The van der Waals surface area contributed by atoms with Crippen molar-refractivity contribution in [2.45, 2.75) is 6.54 Å². The number of thiazole rings is 1. The minimum Gasteiger partial charge on any atom is -0.364 e. The van der Waals surface area contributed by atoms with Gasteiger partial charge in [0.15, 0.2) is 0 Å². The zero-order chi connectivity index (χ0) is 8.39. The third-order valence-corrected chi connectivity index (χ3v) is 2.16. The summed E-state index contributed by atoms with van der Waals surface area (Å²) >= 11 is 1.18. The highest BCUT2D eigenvalue weighted by molar-refractivity contribution is 7.07. The number of hydrogen-bond acceptors (Lipinski definition) is 4. The predicted octanol–water partition coefficient (Wildman–Crippen LogP) is 0.946. The van der Waals surface area contributed by atoms with Gasteiger partial charge in [-0.3, -0.25) is 9.36 Å². The van der Waals surface area contributed by atoms with Crippen LogP contribution in [-0.2, 0) is 6.54 Å². The highest BCUT2D eigenvalue weighted by Crippen LogP contribution is 1.98. The van der Waals surface area contributed by atoms with Gasteiger partial charge in [0.25, 0.3) is 0 Å². The fraction of sp³-hybridized carbons (Fsp3) is 0.143. The Morgan fingerprint density at radius 1 is 1.67 bits per heavy atom. The van der Waals surface area contributed by atoms with E-state index in [0.29, 0.717) is 6.54 Å². The summed E-state index contributed by atoms with van der Waals surface area (Å²) in [6.45, 7) is 0.485. The van der Waals surface area contributed by atoms with Gasteiger partial charge in [-0.05, 0) is 0 Å². The Bertz CT molecular complexity index is 401. The zero-order valence-corrected chi connectivity index (χ0v) is 6.95. The van der Waals surface area contributed by atoms with E-state index in [4.69, 9.17) is 0 Å². The fourth-order valence-corrected chi connectivity index (χ4v) is 1.49. The van der Waals surface area contributed by atoms with Crippen molar-refractivity contribution in [3.05, 3.63) is 39.3 Å². The number of rotatable bonds is 2. The second kappa shape index (κ2) is 2.94. The van der Waals surface area contributed by atoms with Crippen molar-refractivity contribution in [2.24, 2.45) is 0 Å². The third kappa shape index (κ3) is 1.31. The molecule has 2 aromatic heterocycles. The first-order valence-electron chi connectivity index (χ1n) is 3.39. The normalized spacial score (nSPS) is 10.3. The van der Waals surface area contributed by atoms with Crippen molar-refractivity contribution in [3.8, 4) is 0 Å². The van der Waals surface area contributed by atoms with Crippen LogP contribution in [0, 0.1) is 0 Å². The molecule has 0 amide bonds. The molecule has 0 bridgehead atoms. The lowest BCUT2D eigenvalue weighted by atomic mass is 10.4. The molecule has 0 radical (unpaired) electrons. The average molecular weight is 182 g/mol. The van der Waals surface area contributed by atoms with Gasteiger partial charge < -0.3 is 4.52 Å². The van der Waals surface area contributed by atoms with Gasteiger partial charge in [0.05, 0.1) is 6.54 Å². The molecule has 0 fully saturated rings. The molecule has 0 aromatic carbocycles. The second-order valence-electron chi connectivity index (χ2n) is 2.29. The Kier molecular flexibility index (Phi) is 1.79. The van der Waals surface area contributed by atoms with Crippen LogP contribution in [0.25, 0.3) is 0 Å². The lowest BCUT2D eigenvalue weighted by Gasteiger charge is -1.93. The molecule has 0 saturated heterocycles. The van der Waals surface area contributed by atoms with Gasteiger partial charge in [0, 0.05) is 17.6 Å². The Labute approximate surface area is 72.1 Å². The van der Waals surface area contributed by atoms with Crippen LogP contribution in [0.2, 0.25) is 0 Å². The van der Waals surface area contributed by atoms with Crippen LogP contribution in [0.3, 0.4) is 0 Å². The second-order valence-corrected chi connectivity index (χ2v) is 3.14. The summed E-state index contributed by atoms with van der Waals surface area (Å²) in [4.78, 5) is 11.1. The van der Waals surface area contributed by atoms with Crippen LogP contribution in [0.15, 0.2) is 33.2 Å². The first-order valence-corrected chi connectivity index (χ1v) is 4.27. The van der Waals surface area contributed by atoms with E-state index in [9.17, 15) is 4.79 Å². The average Bonchev–Trinajstić information content (AvgIpc) is 2.65. The Hall–Kier alpha value is -1.36. The molecule has 2 rings (SSSR count). The van der Waals surface area contributed by atoms with Gasteiger partial charge in [0.2, 0.25) is 0 Å². The highest BCUT2D eigenvalue weighted by Gasteiger charge is 1.99. The van der Waals surface area contributed by atoms with Gasteiger partial charge >= 0.3 is 4.87 Å². The molecule has 0 aliphatic carbocycles. The van der Waals surface area contributed by atoms with Gasteiger partial charge in [0.1, 0.15) is 12.0 Å². The molecule has 0 saturated carbocycles. The number of hydrogen-bond donors (Lipinski definition) is 0. The van der Waals surface area contributed by atoms with Crippen molar-refractivity contribution in [1.29, 1.82) is 0 Å². The van der Waals surface area contributed by atoms with Crippen LogP contribution in [0.5, 0.6) is 0 Å². The summed E-state index contributed by atoms with van der Waals surface area (Å²) in [6.07, 6.45) is 3.23. The summed E-state index contributed by atoms with van der Waals surface area (Å²) in [5.74, 6) is 0. The SMILES string of the molecule is O=c1sccn1Cc1ccon1. The van der Waals surface area contributed by atoms with Crippen molar-refractivity contribution >= 4 is 11.3 Å². The molecule has 0 aliphatic rings. The van der Waals surface area contributed by atoms with Crippen molar-refractivity contribution in [3.63, 3.8) is 0 Å². The van der Waals surface area contributed by atoms with E-state index < -0.39 is 0 Å². The quantitative estimate of drug-likeness (QED) is 0.694. The van der Waals surface area contributed by atoms with Crippen LogP contribution in [0.1, 0.15) is 5.69 Å². The molecule has 0 atom stereocenters. The molecule has 62 valence electrons. The Morgan fingerprint density at radius 3 is 3.17 bits per heavy atom. The predicted molar refractivity (Wildman–Crippen MR) is 44.2 cm³/mol. The zero-order valence-electron chi connectivity index (χ0n) is 6.14. The van der Waals surface area contributed by atoms with Crippen molar-refractivity contribution < 1.29 is 4.52 Å². The standard InChI is InChI=1S/C7H6N2O2S/c10-7-9(2-4-12-7)5-6-1-3-11-8-6/h1-4H,5H2. The maximum Gasteiger partial charge on any atom is 0.307 e. The summed E-state index contributed by atoms with van der Waals surface area (Å²) in [6, 6.07) is 1.74. The molecule has 4 nitrogen and oxygen atoms in total. The smallest absolute Gasteiger partial charge is 0.307 e. The lowest BCUT2D eigenvalue weighted by Crippen LogP contribution is -2.12. The summed E-state index contributed by atoms with van der Waals surface area (Å²) in [7, 11) is 0. The molecule has 2 heterocycles. The Morgan fingerprint density at radius 2 is 2.58 bits per heavy atom. The minimum atomic E-state index is 0.0259. The summed E-state index contributed by atoms with van der Waals surface area (Å²) in [5, 5.41) is 5.45. The van der Waals surface area contributed by atoms with Crippen molar-refractivity contribution in [1.82, 2.24) is 9.72 Å². The number of nitrogens with zero attached hydrogens (tertiary/aromatic N) is 2. The maximum absolute atomic E-state index is 11.1. The van der Waals surface area contributed by atoms with Gasteiger partial charge in [-0.2, -0.15) is 0 Å². The third-order valence-electron chi connectivity index (χ3n) is 1.47. The number of aromatic nitrogens is 2. The molecular formula is C7H6N2O2S. The molecule has 0 N–H and O–H groups in total. The van der Waals surface area contributed by atoms with E-state index in [1.54, 1.807) is 22.2 Å². The van der Waals surface area contributed by atoms with E-state index in [0.717, 1.165) is 5.69 Å². The van der Waals surface area contributed by atoms with Gasteiger partial charge in [-0.25, -0.2) is 0 Å². The monoisotopic (exact) mass is 182 g/mol. The summed E-state index contributed by atoms with van der Waals surface area (Å²) in [5.41, 5.74) is 0.760. The first-order chi connectivity index (χ1) is 5.86. The van der Waals surface area contributed by atoms with Crippen LogP contribution >= 0.6 is 11.3 Å². The molecule has 2 aromatic rings. The van der Waals surface area contributed by atoms with E-state index in [2.05, 4.69) is 9.68 Å².